The molecule has 1 unspecified atom stereocenters. The molecule has 0 radical (unpaired) electrons. The molecular weight excluding hydrogens is 305 g/mol. The highest BCUT2D eigenvalue weighted by atomic mass is 35.5. The summed E-state index contributed by atoms with van der Waals surface area (Å²) in [6, 6.07) is 6.15. The Bertz CT molecular complexity index is 527. The third kappa shape index (κ3) is 3.16. The van der Waals surface area contributed by atoms with Crippen molar-refractivity contribution in [2.45, 2.75) is 25.6 Å². The molecule has 1 fully saturated rings. The van der Waals surface area contributed by atoms with E-state index in [1.54, 1.807) is 31.2 Å². The largest absolute Gasteiger partial charge is 0.404 e. The zero-order chi connectivity index (χ0) is 15.7. The summed E-state index contributed by atoms with van der Waals surface area (Å²) >= 11 is 5.85. The fourth-order valence-corrected chi connectivity index (χ4v) is 2.65. The van der Waals surface area contributed by atoms with Gasteiger partial charge in [-0.15, -0.1) is 0 Å². The molecule has 7 heteroatoms. The number of rotatable bonds is 3. The van der Waals surface area contributed by atoms with E-state index in [0.717, 1.165) is 0 Å². The predicted molar refractivity (Wildman–Crippen MR) is 74.0 cm³/mol. The summed E-state index contributed by atoms with van der Waals surface area (Å²) in [6.07, 6.45) is -4.82. The second-order valence-electron chi connectivity index (χ2n) is 5.26. The van der Waals surface area contributed by atoms with E-state index in [2.05, 4.69) is 10.6 Å². The van der Waals surface area contributed by atoms with Crippen LogP contribution in [0.4, 0.5) is 13.2 Å². The first-order valence-corrected chi connectivity index (χ1v) is 6.98. The van der Waals surface area contributed by atoms with Gasteiger partial charge < -0.3 is 10.6 Å². The van der Waals surface area contributed by atoms with Crippen LogP contribution in [0.2, 0.25) is 5.02 Å². The van der Waals surface area contributed by atoms with Crippen LogP contribution in [0.5, 0.6) is 0 Å². The molecule has 1 aromatic rings. The number of benzene rings is 1. The van der Waals surface area contributed by atoms with Crippen molar-refractivity contribution in [2.24, 2.45) is 5.41 Å². The van der Waals surface area contributed by atoms with Crippen LogP contribution in [0.15, 0.2) is 24.3 Å². The number of carbonyl (C=O) groups excluding carboxylic acids is 1. The van der Waals surface area contributed by atoms with Gasteiger partial charge >= 0.3 is 6.18 Å². The van der Waals surface area contributed by atoms with Crippen LogP contribution in [-0.2, 0) is 4.79 Å². The molecule has 3 nitrogen and oxygen atoms in total. The van der Waals surface area contributed by atoms with E-state index in [1.165, 1.54) is 0 Å². The lowest BCUT2D eigenvalue weighted by Crippen LogP contribution is -2.52. The molecule has 0 spiro atoms. The fraction of sp³-hybridized carbons (Fsp3) is 0.500. The van der Waals surface area contributed by atoms with Crippen molar-refractivity contribution >= 4 is 17.5 Å². The standard InChI is InChI=1S/C14H16ClF3N2O/c1-9(10-3-2-4-11(15)7-10)20-12(21)13(14(16,17)18)5-6-19-8-13/h2-4,7,9,19H,5-6,8H2,1H3,(H,20,21)/t9-,13?/m0/s1. The van der Waals surface area contributed by atoms with Gasteiger partial charge in [-0.25, -0.2) is 0 Å². The van der Waals surface area contributed by atoms with Gasteiger partial charge in [-0.05, 0) is 37.6 Å². The predicted octanol–water partition coefficient (Wildman–Crippen LogP) is 3.06. The highest BCUT2D eigenvalue weighted by Gasteiger charge is 2.61. The lowest BCUT2D eigenvalue weighted by atomic mass is 9.84. The van der Waals surface area contributed by atoms with E-state index in [0.29, 0.717) is 10.6 Å². The summed E-state index contributed by atoms with van der Waals surface area (Å²) < 4.78 is 39.8. The Morgan fingerprint density at radius 1 is 1.48 bits per heavy atom. The molecule has 2 atom stereocenters. The Hall–Kier alpha value is -1.27. The van der Waals surface area contributed by atoms with Crippen molar-refractivity contribution in [3.05, 3.63) is 34.9 Å². The SMILES string of the molecule is C[C@H](NC(=O)C1(C(F)(F)F)CCNC1)c1cccc(Cl)c1. The second kappa shape index (κ2) is 5.85. The van der Waals surface area contributed by atoms with Crippen LogP contribution in [0.3, 0.4) is 0 Å². The van der Waals surface area contributed by atoms with E-state index in [4.69, 9.17) is 11.6 Å². The Balaban J connectivity index is 2.16. The van der Waals surface area contributed by atoms with Crippen molar-refractivity contribution in [2.75, 3.05) is 13.1 Å². The number of halogens is 4. The molecule has 2 rings (SSSR count). The molecule has 1 aromatic carbocycles. The third-order valence-corrected chi connectivity index (χ3v) is 4.06. The topological polar surface area (TPSA) is 41.1 Å². The molecule has 1 aliphatic rings. The molecule has 0 saturated carbocycles. The minimum absolute atomic E-state index is 0.179. The molecule has 1 amide bonds. The molecular formula is C14H16ClF3N2O. The Morgan fingerprint density at radius 2 is 2.19 bits per heavy atom. The van der Waals surface area contributed by atoms with Crippen molar-refractivity contribution in [1.82, 2.24) is 10.6 Å². The van der Waals surface area contributed by atoms with Gasteiger partial charge in [0.15, 0.2) is 5.41 Å². The van der Waals surface area contributed by atoms with E-state index < -0.39 is 23.5 Å². The number of hydrogen-bond acceptors (Lipinski definition) is 2. The summed E-state index contributed by atoms with van der Waals surface area (Å²) in [6.45, 7) is 1.43. The van der Waals surface area contributed by atoms with Crippen molar-refractivity contribution < 1.29 is 18.0 Å². The molecule has 116 valence electrons. The Morgan fingerprint density at radius 3 is 2.71 bits per heavy atom. The number of nitrogens with one attached hydrogen (secondary N) is 2. The maximum atomic E-state index is 13.3. The fourth-order valence-electron chi connectivity index (χ4n) is 2.45. The maximum absolute atomic E-state index is 13.3. The normalized spacial score (nSPS) is 23.9. The van der Waals surface area contributed by atoms with Gasteiger partial charge in [0, 0.05) is 11.6 Å². The average Bonchev–Trinajstić information content (AvgIpc) is 2.88. The zero-order valence-corrected chi connectivity index (χ0v) is 12.2. The Kier molecular flexibility index (Phi) is 4.49. The Labute approximate surface area is 125 Å². The summed E-state index contributed by atoms with van der Waals surface area (Å²) in [4.78, 5) is 12.2. The molecule has 0 bridgehead atoms. The highest BCUT2D eigenvalue weighted by molar-refractivity contribution is 6.30. The molecule has 1 aliphatic heterocycles. The highest BCUT2D eigenvalue weighted by Crippen LogP contribution is 2.43. The van der Waals surface area contributed by atoms with Gasteiger partial charge in [0.25, 0.3) is 0 Å². The van der Waals surface area contributed by atoms with E-state index in [1.807, 2.05) is 0 Å². The minimum atomic E-state index is -4.57. The number of alkyl halides is 3. The lowest BCUT2D eigenvalue weighted by Gasteiger charge is -2.31. The van der Waals surface area contributed by atoms with E-state index in [-0.39, 0.29) is 19.5 Å². The first-order chi connectivity index (χ1) is 9.76. The van der Waals surface area contributed by atoms with Crippen molar-refractivity contribution in [3.8, 4) is 0 Å². The summed E-state index contributed by atoms with van der Waals surface area (Å²) in [5.41, 5.74) is -1.68. The van der Waals surface area contributed by atoms with Crippen LogP contribution in [0.25, 0.3) is 0 Å². The number of hydrogen-bond donors (Lipinski definition) is 2. The van der Waals surface area contributed by atoms with Crippen LogP contribution in [0, 0.1) is 5.41 Å². The zero-order valence-electron chi connectivity index (χ0n) is 11.4. The summed E-state index contributed by atoms with van der Waals surface area (Å²) in [5, 5.41) is 5.55. The third-order valence-electron chi connectivity index (χ3n) is 3.83. The molecule has 2 N–H and O–H groups in total. The molecule has 0 aliphatic carbocycles. The lowest BCUT2D eigenvalue weighted by molar-refractivity contribution is -0.216. The monoisotopic (exact) mass is 320 g/mol. The average molecular weight is 321 g/mol. The molecule has 1 saturated heterocycles. The number of carbonyl (C=O) groups is 1. The van der Waals surface area contributed by atoms with Gasteiger partial charge in [-0.3, -0.25) is 4.79 Å². The summed E-state index contributed by atoms with van der Waals surface area (Å²) in [5.74, 6) is -0.993. The minimum Gasteiger partial charge on any atom is -0.349 e. The van der Waals surface area contributed by atoms with Crippen molar-refractivity contribution in [1.29, 1.82) is 0 Å². The van der Waals surface area contributed by atoms with Crippen molar-refractivity contribution in [3.63, 3.8) is 0 Å². The molecule has 21 heavy (non-hydrogen) atoms. The quantitative estimate of drug-likeness (QED) is 0.898. The van der Waals surface area contributed by atoms with Gasteiger partial charge in [-0.1, -0.05) is 23.7 Å². The smallest absolute Gasteiger partial charge is 0.349 e. The van der Waals surface area contributed by atoms with Crippen LogP contribution in [-0.4, -0.2) is 25.2 Å². The first kappa shape index (κ1) is 16.1. The first-order valence-electron chi connectivity index (χ1n) is 6.60. The van der Waals surface area contributed by atoms with Gasteiger partial charge in [0.05, 0.1) is 6.04 Å². The van der Waals surface area contributed by atoms with Crippen LogP contribution >= 0.6 is 11.6 Å². The van der Waals surface area contributed by atoms with Crippen LogP contribution in [0.1, 0.15) is 24.9 Å². The van der Waals surface area contributed by atoms with Gasteiger partial charge in [0.2, 0.25) is 5.91 Å². The van der Waals surface area contributed by atoms with E-state index >= 15 is 0 Å². The summed E-state index contributed by atoms with van der Waals surface area (Å²) in [7, 11) is 0. The van der Waals surface area contributed by atoms with Gasteiger partial charge in [-0.2, -0.15) is 13.2 Å². The number of amides is 1. The maximum Gasteiger partial charge on any atom is 0.404 e. The van der Waals surface area contributed by atoms with E-state index in [9.17, 15) is 18.0 Å². The van der Waals surface area contributed by atoms with Gasteiger partial charge in [0.1, 0.15) is 0 Å². The van der Waals surface area contributed by atoms with Crippen LogP contribution < -0.4 is 10.6 Å². The molecule has 1 heterocycles. The molecule has 0 aromatic heterocycles. The second-order valence-corrected chi connectivity index (χ2v) is 5.69.